The summed E-state index contributed by atoms with van der Waals surface area (Å²) >= 11 is 0. The largest absolute Gasteiger partial charge is 0.372 e. The summed E-state index contributed by atoms with van der Waals surface area (Å²) in [5.74, 6) is -0.406. The van der Waals surface area contributed by atoms with E-state index in [9.17, 15) is 10.1 Å². The van der Waals surface area contributed by atoms with Crippen molar-refractivity contribution in [1.82, 2.24) is 0 Å². The zero-order valence-electron chi connectivity index (χ0n) is 14.0. The van der Waals surface area contributed by atoms with E-state index in [-0.39, 0.29) is 5.57 Å². The minimum absolute atomic E-state index is 0.0782. The van der Waals surface area contributed by atoms with Gasteiger partial charge in [-0.25, -0.2) is 0 Å². The van der Waals surface area contributed by atoms with Crippen molar-refractivity contribution in [1.29, 1.82) is 5.26 Å². The maximum absolute atomic E-state index is 12.2. The third-order valence-corrected chi connectivity index (χ3v) is 3.73. The lowest BCUT2D eigenvalue weighted by atomic mass is 10.1. The second-order valence-corrected chi connectivity index (χ2v) is 5.25. The highest BCUT2D eigenvalue weighted by molar-refractivity contribution is 6.09. The summed E-state index contributed by atoms with van der Waals surface area (Å²) in [5.41, 5.74) is 2.70. The Bertz CT molecular complexity index is 739. The van der Waals surface area contributed by atoms with E-state index in [1.54, 1.807) is 18.2 Å². The van der Waals surface area contributed by atoms with Crippen LogP contribution in [0.3, 0.4) is 0 Å². The van der Waals surface area contributed by atoms with E-state index in [1.807, 2.05) is 48.5 Å². The predicted octanol–water partition coefficient (Wildman–Crippen LogP) is 4.08. The van der Waals surface area contributed by atoms with E-state index >= 15 is 0 Å². The molecule has 0 saturated heterocycles. The Morgan fingerprint density at radius 1 is 1.08 bits per heavy atom. The molecule has 0 radical (unpaired) electrons. The first-order valence-electron chi connectivity index (χ1n) is 8.01. The summed E-state index contributed by atoms with van der Waals surface area (Å²) in [5, 5.41) is 12.0. The number of hydrogen-bond acceptors (Lipinski definition) is 3. The Morgan fingerprint density at radius 3 is 2.25 bits per heavy atom. The van der Waals surface area contributed by atoms with E-state index in [0.29, 0.717) is 5.69 Å². The highest BCUT2D eigenvalue weighted by Gasteiger charge is 2.09. The first-order valence-corrected chi connectivity index (χ1v) is 8.01. The molecule has 0 spiro atoms. The molecule has 0 atom stereocenters. The van der Waals surface area contributed by atoms with Crippen molar-refractivity contribution in [3.05, 3.63) is 65.7 Å². The molecule has 0 aliphatic heterocycles. The maximum atomic E-state index is 12.2. The Kier molecular flexibility index (Phi) is 6.16. The number of nitrogens with one attached hydrogen (secondary N) is 1. The van der Waals surface area contributed by atoms with Gasteiger partial charge in [0.15, 0.2) is 0 Å². The van der Waals surface area contributed by atoms with Crippen LogP contribution in [0, 0.1) is 11.3 Å². The number of hydrogen-bond donors (Lipinski definition) is 1. The molecule has 0 aliphatic carbocycles. The molecule has 0 unspecified atom stereocenters. The summed E-state index contributed by atoms with van der Waals surface area (Å²) in [4.78, 5) is 14.4. The summed E-state index contributed by atoms with van der Waals surface area (Å²) < 4.78 is 0. The van der Waals surface area contributed by atoms with Crippen LogP contribution >= 0.6 is 0 Å². The second kappa shape index (κ2) is 8.54. The highest BCUT2D eigenvalue weighted by Crippen LogP contribution is 2.17. The van der Waals surface area contributed by atoms with Crippen molar-refractivity contribution in [3.63, 3.8) is 0 Å². The first-order chi connectivity index (χ1) is 11.7. The van der Waals surface area contributed by atoms with Gasteiger partial charge in [0.1, 0.15) is 11.6 Å². The van der Waals surface area contributed by atoms with Crippen molar-refractivity contribution in [2.75, 3.05) is 23.3 Å². The van der Waals surface area contributed by atoms with Gasteiger partial charge in [0.2, 0.25) is 0 Å². The Balaban J connectivity index is 2.15. The van der Waals surface area contributed by atoms with Crippen LogP contribution in [0.25, 0.3) is 6.08 Å². The van der Waals surface area contributed by atoms with Gasteiger partial charge in [-0.3, -0.25) is 4.79 Å². The predicted molar refractivity (Wildman–Crippen MR) is 98.7 cm³/mol. The minimum Gasteiger partial charge on any atom is -0.372 e. The fraction of sp³-hybridized carbons (Fsp3) is 0.200. The molecule has 24 heavy (non-hydrogen) atoms. The molecule has 122 valence electrons. The smallest absolute Gasteiger partial charge is 0.266 e. The summed E-state index contributed by atoms with van der Waals surface area (Å²) in [7, 11) is 0. The number of amides is 1. The van der Waals surface area contributed by atoms with Gasteiger partial charge in [-0.2, -0.15) is 5.26 Å². The normalized spacial score (nSPS) is 10.8. The topological polar surface area (TPSA) is 56.1 Å². The van der Waals surface area contributed by atoms with E-state index in [4.69, 9.17) is 0 Å². The van der Waals surface area contributed by atoms with Crippen LogP contribution in [0.4, 0.5) is 11.4 Å². The maximum Gasteiger partial charge on any atom is 0.266 e. The van der Waals surface area contributed by atoms with Crippen molar-refractivity contribution >= 4 is 23.4 Å². The molecule has 2 aromatic carbocycles. The van der Waals surface area contributed by atoms with Gasteiger partial charge in [-0.05, 0) is 49.8 Å². The molecule has 1 N–H and O–H groups in total. The lowest BCUT2D eigenvalue weighted by molar-refractivity contribution is -0.112. The van der Waals surface area contributed by atoms with Crippen molar-refractivity contribution in [2.45, 2.75) is 13.8 Å². The molecule has 1 amide bonds. The number of nitriles is 1. The van der Waals surface area contributed by atoms with Crippen LogP contribution in [-0.4, -0.2) is 19.0 Å². The molecule has 2 aromatic rings. The summed E-state index contributed by atoms with van der Waals surface area (Å²) in [6.07, 6.45) is 1.60. The van der Waals surface area contributed by atoms with Crippen LogP contribution in [0.5, 0.6) is 0 Å². The second-order valence-electron chi connectivity index (χ2n) is 5.25. The van der Waals surface area contributed by atoms with E-state index in [1.165, 1.54) is 0 Å². The van der Waals surface area contributed by atoms with Gasteiger partial charge in [-0.15, -0.1) is 0 Å². The summed E-state index contributed by atoms with van der Waals surface area (Å²) in [6.45, 7) is 6.10. The quantitative estimate of drug-likeness (QED) is 0.645. The van der Waals surface area contributed by atoms with E-state index in [2.05, 4.69) is 24.1 Å². The minimum atomic E-state index is -0.406. The van der Waals surface area contributed by atoms with Gasteiger partial charge in [0.25, 0.3) is 5.91 Å². The average Bonchev–Trinajstić information content (AvgIpc) is 2.62. The van der Waals surface area contributed by atoms with Gasteiger partial charge < -0.3 is 10.2 Å². The molecule has 0 fully saturated rings. The SMILES string of the molecule is CCN(CC)c1ccc(/C=C(/C#N)C(=O)Nc2ccccc2)cc1. The molecule has 4 nitrogen and oxygen atoms in total. The number of benzene rings is 2. The molecule has 0 saturated carbocycles. The molecular weight excluding hydrogens is 298 g/mol. The first kappa shape index (κ1) is 17.3. The van der Waals surface area contributed by atoms with E-state index < -0.39 is 5.91 Å². The number of nitrogens with zero attached hydrogens (tertiary/aromatic N) is 2. The Hall–Kier alpha value is -3.06. The Labute approximate surface area is 143 Å². The molecule has 4 heteroatoms. The van der Waals surface area contributed by atoms with Crippen molar-refractivity contribution in [3.8, 4) is 6.07 Å². The fourth-order valence-electron chi connectivity index (χ4n) is 2.41. The molecule has 0 aromatic heterocycles. The lowest BCUT2D eigenvalue weighted by Crippen LogP contribution is -2.21. The average molecular weight is 319 g/mol. The van der Waals surface area contributed by atoms with Crippen LogP contribution in [0.2, 0.25) is 0 Å². The van der Waals surface area contributed by atoms with Gasteiger partial charge >= 0.3 is 0 Å². The van der Waals surface area contributed by atoms with Gasteiger partial charge in [0, 0.05) is 24.5 Å². The van der Waals surface area contributed by atoms with Crippen LogP contribution < -0.4 is 10.2 Å². The summed E-state index contributed by atoms with van der Waals surface area (Å²) in [6, 6.07) is 18.9. The standard InChI is InChI=1S/C20H21N3O/c1-3-23(4-2)19-12-10-16(11-13-19)14-17(15-21)20(24)22-18-8-6-5-7-9-18/h5-14H,3-4H2,1-2H3,(H,22,24)/b17-14-. The van der Waals surface area contributed by atoms with Crippen LogP contribution in [-0.2, 0) is 4.79 Å². The zero-order valence-corrected chi connectivity index (χ0v) is 14.0. The fourth-order valence-corrected chi connectivity index (χ4v) is 2.41. The molecule has 0 aliphatic rings. The van der Waals surface area contributed by atoms with E-state index in [0.717, 1.165) is 24.3 Å². The number of anilines is 2. The van der Waals surface area contributed by atoms with Crippen molar-refractivity contribution < 1.29 is 4.79 Å². The highest BCUT2D eigenvalue weighted by atomic mass is 16.1. The lowest BCUT2D eigenvalue weighted by Gasteiger charge is -2.20. The van der Waals surface area contributed by atoms with Gasteiger partial charge in [-0.1, -0.05) is 30.3 Å². The Morgan fingerprint density at radius 2 is 1.71 bits per heavy atom. The number of carbonyl (C=O) groups is 1. The van der Waals surface area contributed by atoms with Crippen LogP contribution in [0.15, 0.2) is 60.2 Å². The zero-order chi connectivity index (χ0) is 17.4. The molecule has 2 rings (SSSR count). The number of carbonyl (C=O) groups excluding carboxylic acids is 1. The van der Waals surface area contributed by atoms with Gasteiger partial charge in [0.05, 0.1) is 0 Å². The third kappa shape index (κ3) is 4.47. The number of rotatable bonds is 6. The number of para-hydroxylation sites is 1. The molecule has 0 heterocycles. The molecule has 0 bridgehead atoms. The van der Waals surface area contributed by atoms with Crippen molar-refractivity contribution in [2.24, 2.45) is 0 Å². The monoisotopic (exact) mass is 319 g/mol. The molecular formula is C20H21N3O. The van der Waals surface area contributed by atoms with Crippen LogP contribution in [0.1, 0.15) is 19.4 Å². The third-order valence-electron chi connectivity index (χ3n) is 3.73.